The van der Waals surface area contributed by atoms with Gasteiger partial charge in [-0.3, -0.25) is 0 Å². The molecule has 0 aromatic rings. The number of hydrogen-bond acceptors (Lipinski definition) is 0. The van der Waals surface area contributed by atoms with Crippen molar-refractivity contribution in [3.63, 3.8) is 0 Å². The predicted molar refractivity (Wildman–Crippen MR) is 102 cm³/mol. The van der Waals surface area contributed by atoms with E-state index in [9.17, 15) is 0 Å². The van der Waals surface area contributed by atoms with Gasteiger partial charge in [-0.2, -0.15) is 0 Å². The van der Waals surface area contributed by atoms with Gasteiger partial charge in [-0.05, 0) is 0 Å². The molecule has 4 heteroatoms. The first-order valence-corrected chi connectivity index (χ1v) is 12.6. The van der Waals surface area contributed by atoms with Crippen molar-refractivity contribution < 1.29 is 49.5 Å². The van der Waals surface area contributed by atoms with Gasteiger partial charge in [0.25, 0.3) is 0 Å². The van der Waals surface area contributed by atoms with Crippen LogP contribution in [0.1, 0.15) is 65.7 Å². The molecule has 0 aromatic carbocycles. The molecule has 137 valence electrons. The molecule has 0 saturated heterocycles. The van der Waals surface area contributed by atoms with Crippen molar-refractivity contribution in [1.82, 2.24) is 0 Å². The fourth-order valence-electron chi connectivity index (χ4n) is 3.53. The Balaban J connectivity index is 0.00000288. The van der Waals surface area contributed by atoms with E-state index in [1.807, 2.05) is 0 Å². The number of halogens is 2. The Bertz CT molecular complexity index is 573. The van der Waals surface area contributed by atoms with Gasteiger partial charge in [0.05, 0.1) is 0 Å². The van der Waals surface area contributed by atoms with Crippen LogP contribution in [0.4, 0.5) is 0 Å². The predicted octanol–water partition coefficient (Wildman–Crippen LogP) is 0.271. The SMILES string of the molecule is CCCC[Si](CCCC)=C1C=C(CCC)C(C2=CC=CC2)=[C]1[Zr+2].[Cl-].[Cl-]. The molecule has 0 radical (unpaired) electrons. The van der Waals surface area contributed by atoms with Crippen molar-refractivity contribution >= 4 is 13.6 Å². The fourth-order valence-corrected chi connectivity index (χ4v) is 9.01. The summed E-state index contributed by atoms with van der Waals surface area (Å²) in [4.78, 5) is 0. The van der Waals surface area contributed by atoms with Crippen molar-refractivity contribution in [1.29, 1.82) is 0 Å². The maximum atomic E-state index is 2.64. The van der Waals surface area contributed by atoms with Gasteiger partial charge in [-0.15, -0.1) is 0 Å². The summed E-state index contributed by atoms with van der Waals surface area (Å²) in [6, 6.07) is 2.96. The number of unbranched alkanes of at least 4 members (excludes halogenated alkanes) is 2. The molecule has 2 rings (SSSR count). The van der Waals surface area contributed by atoms with E-state index >= 15 is 0 Å². The number of allylic oxidation sites excluding steroid dienone is 8. The van der Waals surface area contributed by atoms with Crippen molar-refractivity contribution in [2.24, 2.45) is 0 Å². The Kier molecular flexibility index (Phi) is 13.9. The third-order valence-electron chi connectivity index (χ3n) is 4.82. The van der Waals surface area contributed by atoms with Crippen LogP contribution in [0.5, 0.6) is 0 Å². The number of hydrogen-bond donors (Lipinski definition) is 0. The summed E-state index contributed by atoms with van der Waals surface area (Å²) in [7, 11) is -0.351. The molecule has 0 fully saturated rings. The molecule has 0 aliphatic heterocycles. The van der Waals surface area contributed by atoms with Gasteiger partial charge >= 0.3 is 160 Å². The minimum Gasteiger partial charge on any atom is -1.00 e. The van der Waals surface area contributed by atoms with Crippen LogP contribution in [0, 0.1) is 0 Å². The van der Waals surface area contributed by atoms with Crippen LogP contribution in [0.25, 0.3) is 0 Å². The Morgan fingerprint density at radius 2 is 1.64 bits per heavy atom. The molecular weight excluding hydrogens is 442 g/mol. The van der Waals surface area contributed by atoms with Crippen LogP contribution in [-0.4, -0.2) is 13.6 Å². The molecule has 0 unspecified atom stereocenters. The van der Waals surface area contributed by atoms with Gasteiger partial charge < -0.3 is 24.8 Å². The molecule has 0 atom stereocenters. The molecule has 0 nitrogen and oxygen atoms in total. The summed E-state index contributed by atoms with van der Waals surface area (Å²) < 4.78 is 1.72. The molecule has 2 aliphatic rings. The Morgan fingerprint density at radius 1 is 1.00 bits per heavy atom. The second kappa shape index (κ2) is 13.6. The van der Waals surface area contributed by atoms with Gasteiger partial charge in [0, 0.05) is 0 Å². The topological polar surface area (TPSA) is 0 Å². The monoisotopic (exact) mass is 471 g/mol. The molecule has 0 N–H and O–H groups in total. The van der Waals surface area contributed by atoms with E-state index in [2.05, 4.69) is 45.1 Å². The Morgan fingerprint density at radius 3 is 2.12 bits per heavy atom. The normalized spacial score (nSPS) is 15.8. The second-order valence-electron chi connectivity index (χ2n) is 6.72. The van der Waals surface area contributed by atoms with Crippen molar-refractivity contribution in [2.75, 3.05) is 0 Å². The minimum atomic E-state index is -0.351. The van der Waals surface area contributed by atoms with Crippen LogP contribution < -0.4 is 24.8 Å². The molecule has 2 aliphatic carbocycles. The van der Waals surface area contributed by atoms with E-state index in [-0.39, 0.29) is 33.2 Å². The summed E-state index contributed by atoms with van der Waals surface area (Å²) in [5.74, 6) is 0. The standard InChI is InChI=1S/C21H31Si.2ClH.Zr/c1-4-7-14-22(15-8-5-2)20-16-19(11-6-3)21(17-20)18-12-9-10-13-18;;;/h9-10,12,16H,4-8,11,13-15H2,1-3H3;2*1H;/q;;;+2/p-2. The average Bonchev–Trinajstić information content (AvgIpc) is 3.16. The molecule has 0 aromatic heterocycles. The largest absolute Gasteiger partial charge is 1.00 e. The van der Waals surface area contributed by atoms with E-state index < -0.39 is 0 Å². The molecule has 0 bridgehead atoms. The first-order valence-electron chi connectivity index (χ1n) is 9.48. The van der Waals surface area contributed by atoms with Crippen LogP contribution in [0.3, 0.4) is 0 Å². The number of rotatable bonds is 9. The zero-order valence-electron chi connectivity index (χ0n) is 15.9. The summed E-state index contributed by atoms with van der Waals surface area (Å²) in [5, 5.41) is 1.81. The van der Waals surface area contributed by atoms with Gasteiger partial charge in [-0.1, -0.05) is 0 Å². The zero-order chi connectivity index (χ0) is 16.7. The maximum absolute atomic E-state index is 2.64. The summed E-state index contributed by atoms with van der Waals surface area (Å²) >= 11 is 1.63. The molecular formula is C21H31Cl2SiZr. The maximum Gasteiger partial charge on any atom is -1.00 e. The third kappa shape index (κ3) is 6.87. The Labute approximate surface area is 184 Å². The molecule has 0 amide bonds. The van der Waals surface area contributed by atoms with E-state index in [4.69, 9.17) is 0 Å². The van der Waals surface area contributed by atoms with E-state index in [0.29, 0.717) is 0 Å². The van der Waals surface area contributed by atoms with Gasteiger partial charge in [0.2, 0.25) is 0 Å². The molecule has 25 heavy (non-hydrogen) atoms. The van der Waals surface area contributed by atoms with Crippen LogP contribution in [0.2, 0.25) is 12.1 Å². The fraction of sp³-hybridized carbons (Fsp3) is 0.571. The Hall–Kier alpha value is 0.510. The smallest absolute Gasteiger partial charge is 1.00 e. The minimum absolute atomic E-state index is 0. The second-order valence-corrected chi connectivity index (χ2v) is 10.7. The first-order chi connectivity index (χ1) is 11.2. The zero-order valence-corrected chi connectivity index (χ0v) is 20.9. The van der Waals surface area contributed by atoms with Gasteiger partial charge in [0.1, 0.15) is 0 Å². The molecule has 0 saturated carbocycles. The van der Waals surface area contributed by atoms with Crippen molar-refractivity contribution in [3.8, 4) is 0 Å². The van der Waals surface area contributed by atoms with Gasteiger partial charge in [-0.25, -0.2) is 0 Å². The summed E-state index contributed by atoms with van der Waals surface area (Å²) in [6.07, 6.45) is 18.7. The average molecular weight is 474 g/mol. The van der Waals surface area contributed by atoms with E-state index in [1.54, 1.807) is 49.9 Å². The summed E-state index contributed by atoms with van der Waals surface area (Å²) in [5.41, 5.74) is 4.89. The van der Waals surface area contributed by atoms with E-state index in [0.717, 1.165) is 6.42 Å². The first kappa shape index (κ1) is 25.5. The third-order valence-corrected chi connectivity index (χ3v) is 9.78. The van der Waals surface area contributed by atoms with Crippen LogP contribution >= 0.6 is 0 Å². The van der Waals surface area contributed by atoms with Crippen molar-refractivity contribution in [2.45, 2.75) is 77.8 Å². The van der Waals surface area contributed by atoms with E-state index in [1.165, 1.54) is 50.6 Å². The van der Waals surface area contributed by atoms with Gasteiger partial charge in [0.15, 0.2) is 0 Å². The van der Waals surface area contributed by atoms with Crippen LogP contribution in [-0.2, 0) is 24.7 Å². The molecule has 0 spiro atoms. The summed E-state index contributed by atoms with van der Waals surface area (Å²) in [6.45, 7) is 7.00. The quantitative estimate of drug-likeness (QED) is 0.422. The van der Waals surface area contributed by atoms with Crippen molar-refractivity contribution in [3.05, 3.63) is 44.3 Å². The van der Waals surface area contributed by atoms with Crippen LogP contribution in [0.15, 0.2) is 44.3 Å². The molecule has 0 heterocycles.